The van der Waals surface area contributed by atoms with Gasteiger partial charge in [0.15, 0.2) is 0 Å². The third-order valence-corrected chi connectivity index (χ3v) is 2.36. The number of rotatable bonds is 4. The topological polar surface area (TPSA) is 60.0 Å². The molecule has 0 saturated heterocycles. The molecule has 2 aromatic carbocycles. The summed E-state index contributed by atoms with van der Waals surface area (Å²) < 4.78 is 5.35. The Morgan fingerprint density at radius 3 is 2.39 bits per heavy atom. The molecule has 0 atom stereocenters. The molecule has 0 radical (unpaired) electrons. The molecule has 0 bridgehead atoms. The highest BCUT2D eigenvalue weighted by molar-refractivity contribution is 5.61. The lowest BCUT2D eigenvalue weighted by atomic mass is 10.3. The molecule has 4 heteroatoms. The number of ether oxygens (including phenoxy) is 1. The quantitative estimate of drug-likeness (QED) is 0.647. The minimum atomic E-state index is 0.618. The van der Waals surface area contributed by atoms with E-state index >= 15 is 0 Å². The monoisotopic (exact) mass is 241 g/mol. The normalized spacial score (nSPS) is 10.7. The third kappa shape index (κ3) is 3.07. The molecule has 2 aromatic rings. The highest BCUT2D eigenvalue weighted by Crippen LogP contribution is 2.24. The predicted molar refractivity (Wildman–Crippen MR) is 72.6 cm³/mol. The fourth-order valence-corrected chi connectivity index (χ4v) is 1.47. The third-order valence-electron chi connectivity index (χ3n) is 2.36. The molecule has 4 nitrogen and oxygen atoms in total. The maximum atomic E-state index is 5.77. The van der Waals surface area contributed by atoms with Gasteiger partial charge in [-0.1, -0.05) is 12.1 Å². The number of hydrogen-bond donors (Lipinski definition) is 1. The van der Waals surface area contributed by atoms with Crippen LogP contribution in [-0.2, 0) is 0 Å². The zero-order valence-electron chi connectivity index (χ0n) is 10.2. The van der Waals surface area contributed by atoms with E-state index < -0.39 is 0 Å². The van der Waals surface area contributed by atoms with E-state index in [0.717, 1.165) is 11.4 Å². The summed E-state index contributed by atoms with van der Waals surface area (Å²) in [6, 6.07) is 14.8. The SMILES string of the molecule is CCOc1ccc(N=Nc2ccccc2N)cc1. The number of para-hydroxylation sites is 1. The molecule has 0 fully saturated rings. The lowest BCUT2D eigenvalue weighted by Crippen LogP contribution is -1.89. The fraction of sp³-hybridized carbons (Fsp3) is 0.143. The van der Waals surface area contributed by atoms with Crippen molar-refractivity contribution in [1.82, 2.24) is 0 Å². The summed E-state index contributed by atoms with van der Waals surface area (Å²) in [5.74, 6) is 0.829. The summed E-state index contributed by atoms with van der Waals surface area (Å²) >= 11 is 0. The molecule has 2 rings (SSSR count). The van der Waals surface area contributed by atoms with Crippen LogP contribution in [0.25, 0.3) is 0 Å². The Morgan fingerprint density at radius 2 is 1.72 bits per heavy atom. The molecule has 0 aliphatic heterocycles. The minimum Gasteiger partial charge on any atom is -0.494 e. The van der Waals surface area contributed by atoms with E-state index in [1.165, 1.54) is 0 Å². The van der Waals surface area contributed by atoms with Gasteiger partial charge in [-0.25, -0.2) is 0 Å². The zero-order valence-corrected chi connectivity index (χ0v) is 10.2. The molecule has 0 heterocycles. The van der Waals surface area contributed by atoms with E-state index in [4.69, 9.17) is 10.5 Å². The van der Waals surface area contributed by atoms with Crippen LogP contribution in [0.2, 0.25) is 0 Å². The zero-order chi connectivity index (χ0) is 12.8. The van der Waals surface area contributed by atoms with Crippen molar-refractivity contribution in [2.75, 3.05) is 12.3 Å². The van der Waals surface area contributed by atoms with Gasteiger partial charge in [0.25, 0.3) is 0 Å². The van der Waals surface area contributed by atoms with Crippen LogP contribution in [0, 0.1) is 0 Å². The minimum absolute atomic E-state index is 0.618. The van der Waals surface area contributed by atoms with Crippen molar-refractivity contribution in [2.24, 2.45) is 10.2 Å². The van der Waals surface area contributed by atoms with E-state index in [2.05, 4.69) is 10.2 Å². The number of nitrogens with zero attached hydrogens (tertiary/aromatic N) is 2. The van der Waals surface area contributed by atoms with E-state index in [-0.39, 0.29) is 0 Å². The van der Waals surface area contributed by atoms with Gasteiger partial charge in [-0.3, -0.25) is 0 Å². The van der Waals surface area contributed by atoms with Crippen molar-refractivity contribution >= 4 is 17.1 Å². The van der Waals surface area contributed by atoms with Crippen molar-refractivity contribution < 1.29 is 4.74 Å². The number of benzene rings is 2. The Bertz CT molecular complexity index is 535. The first-order chi connectivity index (χ1) is 8.79. The van der Waals surface area contributed by atoms with Crippen LogP contribution in [0.4, 0.5) is 17.1 Å². The Labute approximate surface area is 106 Å². The van der Waals surface area contributed by atoms with Crippen molar-refractivity contribution in [3.63, 3.8) is 0 Å². The molecule has 92 valence electrons. The van der Waals surface area contributed by atoms with Crippen LogP contribution >= 0.6 is 0 Å². The van der Waals surface area contributed by atoms with Gasteiger partial charge in [0, 0.05) is 0 Å². The van der Waals surface area contributed by atoms with Crippen LogP contribution in [-0.4, -0.2) is 6.61 Å². The van der Waals surface area contributed by atoms with Gasteiger partial charge in [-0.2, -0.15) is 5.11 Å². The Hall–Kier alpha value is -2.36. The smallest absolute Gasteiger partial charge is 0.119 e. The molecule has 0 unspecified atom stereocenters. The van der Waals surface area contributed by atoms with Gasteiger partial charge in [0.2, 0.25) is 0 Å². The van der Waals surface area contributed by atoms with Crippen LogP contribution in [0.3, 0.4) is 0 Å². The summed E-state index contributed by atoms with van der Waals surface area (Å²) in [7, 11) is 0. The van der Waals surface area contributed by atoms with Crippen molar-refractivity contribution in [1.29, 1.82) is 0 Å². The van der Waals surface area contributed by atoms with Gasteiger partial charge < -0.3 is 10.5 Å². The second-order valence-electron chi connectivity index (χ2n) is 3.69. The summed E-state index contributed by atoms with van der Waals surface area (Å²) in [4.78, 5) is 0. The summed E-state index contributed by atoms with van der Waals surface area (Å²) in [6.45, 7) is 2.60. The molecular formula is C14H15N3O. The number of nitrogens with two attached hydrogens (primary N) is 1. The van der Waals surface area contributed by atoms with Crippen LogP contribution in [0.15, 0.2) is 58.8 Å². The van der Waals surface area contributed by atoms with Crippen molar-refractivity contribution in [3.8, 4) is 5.75 Å². The first-order valence-electron chi connectivity index (χ1n) is 5.78. The highest BCUT2D eigenvalue weighted by atomic mass is 16.5. The fourth-order valence-electron chi connectivity index (χ4n) is 1.47. The number of azo groups is 1. The number of hydrogen-bond acceptors (Lipinski definition) is 4. The first-order valence-corrected chi connectivity index (χ1v) is 5.78. The van der Waals surface area contributed by atoms with Crippen LogP contribution in [0.5, 0.6) is 5.75 Å². The molecule has 0 saturated carbocycles. The molecule has 0 aliphatic carbocycles. The first kappa shape index (κ1) is 12.1. The van der Waals surface area contributed by atoms with Gasteiger partial charge in [0.05, 0.1) is 18.0 Å². The van der Waals surface area contributed by atoms with Gasteiger partial charge in [-0.15, -0.1) is 5.11 Å². The van der Waals surface area contributed by atoms with Crippen molar-refractivity contribution in [3.05, 3.63) is 48.5 Å². The van der Waals surface area contributed by atoms with E-state index in [0.29, 0.717) is 18.0 Å². The molecular weight excluding hydrogens is 226 g/mol. The lowest BCUT2D eigenvalue weighted by Gasteiger charge is -2.01. The van der Waals surface area contributed by atoms with Gasteiger partial charge in [0.1, 0.15) is 11.4 Å². The Kier molecular flexibility index (Phi) is 3.91. The molecule has 0 aromatic heterocycles. The molecule has 0 amide bonds. The molecule has 2 N–H and O–H groups in total. The van der Waals surface area contributed by atoms with Crippen molar-refractivity contribution in [2.45, 2.75) is 6.92 Å². The predicted octanol–water partition coefficient (Wildman–Crippen LogP) is 4.08. The van der Waals surface area contributed by atoms with Gasteiger partial charge in [-0.05, 0) is 43.3 Å². The average molecular weight is 241 g/mol. The second kappa shape index (κ2) is 5.82. The Morgan fingerprint density at radius 1 is 1.00 bits per heavy atom. The maximum absolute atomic E-state index is 5.77. The lowest BCUT2D eigenvalue weighted by molar-refractivity contribution is 0.340. The van der Waals surface area contributed by atoms with Gasteiger partial charge >= 0.3 is 0 Å². The summed E-state index contributed by atoms with van der Waals surface area (Å²) in [5, 5.41) is 8.24. The number of nitrogen functional groups attached to an aromatic ring is 1. The average Bonchev–Trinajstić information content (AvgIpc) is 2.40. The van der Waals surface area contributed by atoms with E-state index in [1.54, 1.807) is 6.07 Å². The molecule has 0 spiro atoms. The Balaban J connectivity index is 2.12. The number of anilines is 1. The van der Waals surface area contributed by atoms with Crippen LogP contribution < -0.4 is 10.5 Å². The largest absolute Gasteiger partial charge is 0.494 e. The second-order valence-corrected chi connectivity index (χ2v) is 3.69. The molecule has 0 aliphatic rings. The van der Waals surface area contributed by atoms with E-state index in [9.17, 15) is 0 Å². The highest BCUT2D eigenvalue weighted by Gasteiger charge is 1.96. The van der Waals surface area contributed by atoms with E-state index in [1.807, 2.05) is 49.4 Å². The standard InChI is InChI=1S/C14H15N3O/c1-2-18-12-9-7-11(8-10-12)16-17-14-6-4-3-5-13(14)15/h3-10H,2,15H2,1H3. The summed E-state index contributed by atoms with van der Waals surface area (Å²) in [6.07, 6.45) is 0. The van der Waals surface area contributed by atoms with Crippen LogP contribution in [0.1, 0.15) is 6.92 Å². The maximum Gasteiger partial charge on any atom is 0.119 e. The summed E-state index contributed by atoms with van der Waals surface area (Å²) in [5.41, 5.74) is 7.83. The molecule has 18 heavy (non-hydrogen) atoms.